The van der Waals surface area contributed by atoms with Gasteiger partial charge in [0.1, 0.15) is 0 Å². The molecule has 5 heteroatoms. The highest BCUT2D eigenvalue weighted by molar-refractivity contribution is 5.55. The average Bonchev–Trinajstić information content (AvgIpc) is 2.64. The van der Waals surface area contributed by atoms with E-state index in [0.29, 0.717) is 6.04 Å². The molecule has 1 fully saturated rings. The minimum absolute atomic E-state index is 0.0758. The van der Waals surface area contributed by atoms with Crippen LogP contribution in [0.2, 0.25) is 0 Å². The molecule has 1 aliphatic heterocycles. The van der Waals surface area contributed by atoms with Crippen LogP contribution in [0.25, 0.3) is 0 Å². The highest BCUT2D eigenvalue weighted by Gasteiger charge is 2.24. The van der Waals surface area contributed by atoms with Gasteiger partial charge < -0.3 is 15.0 Å². The average molecular weight is 221 g/mol. The predicted octanol–water partition coefficient (Wildman–Crippen LogP) is 2.29. The summed E-state index contributed by atoms with van der Waals surface area (Å²) in [5.41, 5.74) is 1.95. The topological polar surface area (TPSA) is 59.3 Å². The maximum Gasteiger partial charge on any atom is 0.363 e. The lowest BCUT2D eigenvalue weighted by Gasteiger charge is -2.23. The van der Waals surface area contributed by atoms with E-state index in [1.165, 1.54) is 12.8 Å². The van der Waals surface area contributed by atoms with Crippen molar-refractivity contribution in [1.29, 1.82) is 0 Å². The molecule has 1 aliphatic rings. The number of hydrogen-bond acceptors (Lipinski definition) is 4. The molecular formula is C11H15N3O2. The normalized spacial score (nSPS) is 20.1. The molecule has 0 amide bonds. The quantitative estimate of drug-likeness (QED) is 0.568. The van der Waals surface area contributed by atoms with Crippen LogP contribution in [0.5, 0.6) is 0 Å². The Balaban J connectivity index is 2.32. The van der Waals surface area contributed by atoms with Crippen molar-refractivity contribution in [2.75, 3.05) is 11.4 Å². The van der Waals surface area contributed by atoms with Crippen LogP contribution in [-0.4, -0.2) is 22.5 Å². The Morgan fingerprint density at radius 3 is 2.88 bits per heavy atom. The number of pyridine rings is 1. The van der Waals surface area contributed by atoms with Crippen molar-refractivity contribution in [2.45, 2.75) is 32.7 Å². The molecule has 0 N–H and O–H groups in total. The molecule has 1 unspecified atom stereocenters. The summed E-state index contributed by atoms with van der Waals surface area (Å²) < 4.78 is 0. The molecule has 1 aromatic heterocycles. The van der Waals surface area contributed by atoms with Crippen LogP contribution in [0.4, 0.5) is 11.5 Å². The van der Waals surface area contributed by atoms with Crippen molar-refractivity contribution in [3.05, 3.63) is 27.9 Å². The molecule has 0 radical (unpaired) electrons. The lowest BCUT2D eigenvalue weighted by Crippen LogP contribution is -2.27. The Kier molecular flexibility index (Phi) is 2.77. The molecule has 16 heavy (non-hydrogen) atoms. The second kappa shape index (κ2) is 4.08. The van der Waals surface area contributed by atoms with Crippen LogP contribution in [0, 0.1) is 17.0 Å². The molecule has 86 valence electrons. The largest absolute Gasteiger partial charge is 0.366 e. The van der Waals surface area contributed by atoms with E-state index in [4.69, 9.17) is 0 Å². The van der Waals surface area contributed by atoms with Crippen molar-refractivity contribution >= 4 is 11.5 Å². The Morgan fingerprint density at radius 2 is 2.38 bits per heavy atom. The van der Waals surface area contributed by atoms with Gasteiger partial charge in [-0.15, -0.1) is 0 Å². The van der Waals surface area contributed by atoms with Crippen LogP contribution in [0.3, 0.4) is 0 Å². The first-order chi connectivity index (χ1) is 7.59. The lowest BCUT2D eigenvalue weighted by molar-refractivity contribution is -0.389. The number of aryl methyl sites for hydroxylation is 1. The van der Waals surface area contributed by atoms with Gasteiger partial charge in [-0.25, -0.2) is 0 Å². The van der Waals surface area contributed by atoms with Gasteiger partial charge in [-0.05, 0) is 42.2 Å². The predicted molar refractivity (Wildman–Crippen MR) is 61.7 cm³/mol. The monoisotopic (exact) mass is 221 g/mol. The molecule has 0 aromatic carbocycles. The summed E-state index contributed by atoms with van der Waals surface area (Å²) in [5.74, 6) is -0.0758. The molecular weight excluding hydrogens is 206 g/mol. The first kappa shape index (κ1) is 10.9. The van der Waals surface area contributed by atoms with Crippen LogP contribution >= 0.6 is 0 Å². The first-order valence-corrected chi connectivity index (χ1v) is 5.47. The SMILES string of the molecule is Cc1cc([N+](=O)[O-])ncc1N1CCCC1C. The summed E-state index contributed by atoms with van der Waals surface area (Å²) in [6.07, 6.45) is 3.98. The van der Waals surface area contributed by atoms with Crippen LogP contribution in [0.1, 0.15) is 25.3 Å². The maximum absolute atomic E-state index is 10.6. The highest BCUT2D eigenvalue weighted by atomic mass is 16.6. The van der Waals surface area contributed by atoms with Crippen molar-refractivity contribution in [1.82, 2.24) is 4.98 Å². The van der Waals surface area contributed by atoms with E-state index in [0.717, 1.165) is 17.8 Å². The Bertz CT molecular complexity index is 420. The van der Waals surface area contributed by atoms with Crippen molar-refractivity contribution in [2.24, 2.45) is 0 Å². The number of aromatic nitrogens is 1. The van der Waals surface area contributed by atoms with Gasteiger partial charge in [-0.3, -0.25) is 0 Å². The minimum atomic E-state index is -0.454. The zero-order chi connectivity index (χ0) is 11.7. The summed E-state index contributed by atoms with van der Waals surface area (Å²) in [6.45, 7) is 5.09. The van der Waals surface area contributed by atoms with Crippen molar-refractivity contribution < 1.29 is 4.92 Å². The van der Waals surface area contributed by atoms with E-state index in [1.54, 1.807) is 12.3 Å². The molecule has 1 saturated heterocycles. The molecule has 1 aromatic rings. The van der Waals surface area contributed by atoms with E-state index >= 15 is 0 Å². The highest BCUT2D eigenvalue weighted by Crippen LogP contribution is 2.28. The molecule has 0 saturated carbocycles. The van der Waals surface area contributed by atoms with Gasteiger partial charge in [0.25, 0.3) is 0 Å². The third-order valence-electron chi connectivity index (χ3n) is 3.12. The molecule has 1 atom stereocenters. The van der Waals surface area contributed by atoms with Gasteiger partial charge in [-0.2, -0.15) is 0 Å². The van der Waals surface area contributed by atoms with Crippen LogP contribution in [0.15, 0.2) is 12.3 Å². The van der Waals surface area contributed by atoms with E-state index < -0.39 is 4.92 Å². The molecule has 0 aliphatic carbocycles. The molecule has 0 bridgehead atoms. The number of nitro groups is 1. The standard InChI is InChI=1S/C11H15N3O2/c1-8-6-11(14(15)16)12-7-10(8)13-5-3-4-9(13)2/h6-7,9H,3-5H2,1-2H3. The van der Waals surface area contributed by atoms with Gasteiger partial charge in [0.15, 0.2) is 6.20 Å². The Morgan fingerprint density at radius 1 is 1.62 bits per heavy atom. The third-order valence-corrected chi connectivity index (χ3v) is 3.12. The first-order valence-electron chi connectivity index (χ1n) is 5.47. The summed E-state index contributed by atoms with van der Waals surface area (Å²) in [5, 5.41) is 10.6. The molecule has 2 rings (SSSR count). The summed E-state index contributed by atoms with van der Waals surface area (Å²) in [6, 6.07) is 2.04. The van der Waals surface area contributed by atoms with Gasteiger partial charge in [0, 0.05) is 18.7 Å². The minimum Gasteiger partial charge on any atom is -0.366 e. The second-order valence-electron chi connectivity index (χ2n) is 4.27. The van der Waals surface area contributed by atoms with E-state index in [1.807, 2.05) is 6.92 Å². The van der Waals surface area contributed by atoms with Crippen molar-refractivity contribution in [3.63, 3.8) is 0 Å². The lowest BCUT2D eigenvalue weighted by atomic mass is 10.2. The number of rotatable bonds is 2. The van der Waals surface area contributed by atoms with E-state index in [9.17, 15) is 10.1 Å². The smallest absolute Gasteiger partial charge is 0.363 e. The maximum atomic E-state index is 10.6. The number of anilines is 1. The Hall–Kier alpha value is -1.65. The molecule has 2 heterocycles. The third kappa shape index (κ3) is 1.85. The summed E-state index contributed by atoms with van der Waals surface area (Å²) in [7, 11) is 0. The van der Waals surface area contributed by atoms with Gasteiger partial charge >= 0.3 is 5.82 Å². The van der Waals surface area contributed by atoms with E-state index in [-0.39, 0.29) is 5.82 Å². The van der Waals surface area contributed by atoms with Crippen molar-refractivity contribution in [3.8, 4) is 0 Å². The molecule has 0 spiro atoms. The number of nitrogens with zero attached hydrogens (tertiary/aromatic N) is 3. The van der Waals surface area contributed by atoms with Gasteiger partial charge in [0.2, 0.25) is 0 Å². The van der Waals surface area contributed by atoms with Crippen LogP contribution < -0.4 is 4.90 Å². The zero-order valence-corrected chi connectivity index (χ0v) is 9.51. The van der Waals surface area contributed by atoms with Gasteiger partial charge in [0.05, 0.1) is 5.69 Å². The summed E-state index contributed by atoms with van der Waals surface area (Å²) >= 11 is 0. The van der Waals surface area contributed by atoms with Gasteiger partial charge in [-0.1, -0.05) is 0 Å². The fraction of sp³-hybridized carbons (Fsp3) is 0.545. The number of hydrogen-bond donors (Lipinski definition) is 0. The van der Waals surface area contributed by atoms with E-state index in [2.05, 4.69) is 16.8 Å². The zero-order valence-electron chi connectivity index (χ0n) is 9.51. The fourth-order valence-electron chi connectivity index (χ4n) is 2.23. The summed E-state index contributed by atoms with van der Waals surface area (Å²) in [4.78, 5) is 16.3. The van der Waals surface area contributed by atoms with Crippen LogP contribution in [-0.2, 0) is 0 Å². The molecule has 5 nitrogen and oxygen atoms in total. The fourth-order valence-corrected chi connectivity index (χ4v) is 2.23. The Labute approximate surface area is 94.2 Å². The second-order valence-corrected chi connectivity index (χ2v) is 4.27.